The summed E-state index contributed by atoms with van der Waals surface area (Å²) in [6.45, 7) is 5.20. The topological polar surface area (TPSA) is 78.1 Å². The van der Waals surface area contributed by atoms with Crippen molar-refractivity contribution in [3.05, 3.63) is 101 Å². The third kappa shape index (κ3) is 4.98. The molecule has 1 fully saturated rings. The van der Waals surface area contributed by atoms with Gasteiger partial charge in [0.15, 0.2) is 0 Å². The third-order valence-corrected chi connectivity index (χ3v) is 6.49. The standard InChI is InChI=1S/C29H28N6O/c1-22-10-12-24(13-11-22)27-26(21-35(32-27)20-23-7-3-2-4-8-23)29(36)34-16-6-15-33(17-18-34)28-25(19-30)9-5-14-31-28/h2-5,7-14,21H,6,15-18,20H2,1H3. The average Bonchev–Trinajstić information content (AvgIpc) is 3.17. The number of hydrogen-bond donors (Lipinski definition) is 0. The van der Waals surface area contributed by atoms with E-state index in [9.17, 15) is 10.1 Å². The van der Waals surface area contributed by atoms with Crippen LogP contribution in [0.4, 0.5) is 5.82 Å². The summed E-state index contributed by atoms with van der Waals surface area (Å²) in [6.07, 6.45) is 4.38. The van der Waals surface area contributed by atoms with Gasteiger partial charge in [-0.2, -0.15) is 10.4 Å². The molecule has 0 atom stereocenters. The van der Waals surface area contributed by atoms with Crippen LogP contribution in [-0.2, 0) is 6.54 Å². The number of carbonyl (C=O) groups excluding carboxylic acids is 1. The molecular formula is C29H28N6O. The van der Waals surface area contributed by atoms with Gasteiger partial charge in [-0.1, -0.05) is 60.2 Å². The van der Waals surface area contributed by atoms with E-state index in [0.29, 0.717) is 48.8 Å². The fourth-order valence-corrected chi connectivity index (χ4v) is 4.59. The number of pyridine rings is 1. The smallest absolute Gasteiger partial charge is 0.257 e. The van der Waals surface area contributed by atoms with E-state index in [1.54, 1.807) is 18.3 Å². The molecule has 0 aliphatic carbocycles. The van der Waals surface area contributed by atoms with Crippen LogP contribution < -0.4 is 4.90 Å². The molecule has 0 saturated carbocycles. The van der Waals surface area contributed by atoms with Crippen LogP contribution in [0.5, 0.6) is 0 Å². The lowest BCUT2D eigenvalue weighted by Crippen LogP contribution is -2.35. The second-order valence-corrected chi connectivity index (χ2v) is 9.06. The quantitative estimate of drug-likeness (QED) is 0.423. The number of hydrogen-bond acceptors (Lipinski definition) is 5. The summed E-state index contributed by atoms with van der Waals surface area (Å²) in [5, 5.41) is 14.3. The summed E-state index contributed by atoms with van der Waals surface area (Å²) in [7, 11) is 0. The number of amides is 1. The van der Waals surface area contributed by atoms with Crippen LogP contribution in [0.1, 0.15) is 33.5 Å². The zero-order valence-corrected chi connectivity index (χ0v) is 20.3. The van der Waals surface area contributed by atoms with E-state index in [-0.39, 0.29) is 5.91 Å². The molecule has 7 heteroatoms. The van der Waals surface area contributed by atoms with E-state index in [4.69, 9.17) is 5.10 Å². The number of aryl methyl sites for hydroxylation is 1. The van der Waals surface area contributed by atoms with Crippen LogP contribution in [0.15, 0.2) is 79.1 Å². The molecule has 0 bridgehead atoms. The second kappa shape index (κ2) is 10.4. The Balaban J connectivity index is 1.41. The van der Waals surface area contributed by atoms with Gasteiger partial charge in [-0.05, 0) is 31.0 Å². The number of nitrogens with zero attached hydrogens (tertiary/aromatic N) is 6. The number of aromatic nitrogens is 3. The van der Waals surface area contributed by atoms with Crippen molar-refractivity contribution in [3.63, 3.8) is 0 Å². The highest BCUT2D eigenvalue weighted by atomic mass is 16.2. The molecule has 4 aromatic rings. The Kier molecular flexibility index (Phi) is 6.76. The molecule has 7 nitrogen and oxygen atoms in total. The number of rotatable bonds is 5. The van der Waals surface area contributed by atoms with Crippen molar-refractivity contribution in [1.29, 1.82) is 5.26 Å². The van der Waals surface area contributed by atoms with Gasteiger partial charge >= 0.3 is 0 Å². The zero-order valence-electron chi connectivity index (χ0n) is 20.3. The summed E-state index contributed by atoms with van der Waals surface area (Å²) in [6, 6.07) is 24.1. The van der Waals surface area contributed by atoms with Crippen LogP contribution in [0.25, 0.3) is 11.3 Å². The van der Waals surface area contributed by atoms with E-state index >= 15 is 0 Å². The normalized spacial score (nSPS) is 13.8. The first kappa shape index (κ1) is 23.3. The molecule has 1 amide bonds. The van der Waals surface area contributed by atoms with Gasteiger partial charge in [0.05, 0.1) is 17.7 Å². The van der Waals surface area contributed by atoms with Crippen molar-refractivity contribution in [2.24, 2.45) is 0 Å². The monoisotopic (exact) mass is 476 g/mol. The zero-order chi connectivity index (χ0) is 24.9. The SMILES string of the molecule is Cc1ccc(-c2nn(Cc3ccccc3)cc2C(=O)N2CCCN(c3ncccc3C#N)CC2)cc1. The maximum atomic E-state index is 13.8. The van der Waals surface area contributed by atoms with Gasteiger partial charge in [-0.15, -0.1) is 0 Å². The molecule has 0 spiro atoms. The Morgan fingerprint density at radius 2 is 1.78 bits per heavy atom. The highest BCUT2D eigenvalue weighted by Crippen LogP contribution is 2.26. The molecule has 0 radical (unpaired) electrons. The van der Waals surface area contributed by atoms with Crippen LogP contribution in [0.3, 0.4) is 0 Å². The first-order valence-electron chi connectivity index (χ1n) is 12.2. The molecule has 0 unspecified atom stereocenters. The molecule has 3 heterocycles. The van der Waals surface area contributed by atoms with Crippen molar-refractivity contribution in [1.82, 2.24) is 19.7 Å². The van der Waals surface area contributed by atoms with E-state index in [1.165, 1.54) is 0 Å². The minimum absolute atomic E-state index is 0.0201. The molecular weight excluding hydrogens is 448 g/mol. The van der Waals surface area contributed by atoms with Gasteiger partial charge in [-0.25, -0.2) is 4.98 Å². The van der Waals surface area contributed by atoms with E-state index in [2.05, 4.69) is 28.1 Å². The van der Waals surface area contributed by atoms with Crippen LogP contribution in [0.2, 0.25) is 0 Å². The summed E-state index contributed by atoms with van der Waals surface area (Å²) >= 11 is 0. The summed E-state index contributed by atoms with van der Waals surface area (Å²) in [5.74, 6) is 0.665. The molecule has 1 saturated heterocycles. The highest BCUT2D eigenvalue weighted by molar-refractivity contribution is 6.00. The predicted molar refractivity (Wildman–Crippen MR) is 140 cm³/mol. The summed E-state index contributed by atoms with van der Waals surface area (Å²) in [4.78, 5) is 22.3. The Morgan fingerprint density at radius 1 is 0.972 bits per heavy atom. The van der Waals surface area contributed by atoms with Crippen molar-refractivity contribution in [2.45, 2.75) is 19.9 Å². The van der Waals surface area contributed by atoms with Crippen molar-refractivity contribution >= 4 is 11.7 Å². The van der Waals surface area contributed by atoms with Crippen LogP contribution in [-0.4, -0.2) is 51.8 Å². The number of carbonyl (C=O) groups is 1. The largest absolute Gasteiger partial charge is 0.354 e. The Labute approximate surface area is 211 Å². The van der Waals surface area contributed by atoms with E-state index < -0.39 is 0 Å². The lowest BCUT2D eigenvalue weighted by atomic mass is 10.1. The van der Waals surface area contributed by atoms with Gasteiger partial charge in [0.25, 0.3) is 5.91 Å². The molecule has 2 aromatic carbocycles. The van der Waals surface area contributed by atoms with E-state index in [1.807, 2.05) is 65.2 Å². The Bertz CT molecular complexity index is 1390. The van der Waals surface area contributed by atoms with Crippen molar-refractivity contribution < 1.29 is 4.79 Å². The lowest BCUT2D eigenvalue weighted by Gasteiger charge is -2.23. The molecule has 1 aliphatic heterocycles. The number of benzene rings is 2. The summed E-state index contributed by atoms with van der Waals surface area (Å²) in [5.41, 5.74) is 5.09. The van der Waals surface area contributed by atoms with E-state index in [0.717, 1.165) is 29.7 Å². The van der Waals surface area contributed by atoms with Gasteiger partial charge in [0.2, 0.25) is 0 Å². The fourth-order valence-electron chi connectivity index (χ4n) is 4.59. The second-order valence-electron chi connectivity index (χ2n) is 9.06. The minimum Gasteiger partial charge on any atom is -0.354 e. The number of nitriles is 1. The molecule has 0 N–H and O–H groups in total. The average molecular weight is 477 g/mol. The van der Waals surface area contributed by atoms with Gasteiger partial charge in [0, 0.05) is 44.1 Å². The highest BCUT2D eigenvalue weighted by Gasteiger charge is 2.26. The molecule has 36 heavy (non-hydrogen) atoms. The molecule has 1 aliphatic rings. The minimum atomic E-state index is -0.0201. The predicted octanol–water partition coefficient (Wildman–Crippen LogP) is 4.53. The van der Waals surface area contributed by atoms with Gasteiger partial charge < -0.3 is 9.80 Å². The van der Waals surface area contributed by atoms with Crippen LogP contribution >= 0.6 is 0 Å². The first-order valence-corrected chi connectivity index (χ1v) is 12.2. The number of anilines is 1. The maximum Gasteiger partial charge on any atom is 0.257 e. The summed E-state index contributed by atoms with van der Waals surface area (Å²) < 4.78 is 1.86. The van der Waals surface area contributed by atoms with Gasteiger partial charge in [0.1, 0.15) is 17.6 Å². The Hall–Kier alpha value is -4.44. The maximum absolute atomic E-state index is 13.8. The molecule has 180 valence electrons. The third-order valence-electron chi connectivity index (χ3n) is 6.49. The lowest BCUT2D eigenvalue weighted by molar-refractivity contribution is 0.0767. The van der Waals surface area contributed by atoms with Crippen molar-refractivity contribution in [2.75, 3.05) is 31.1 Å². The molecule has 5 rings (SSSR count). The fraction of sp³-hybridized carbons (Fsp3) is 0.241. The van der Waals surface area contributed by atoms with Gasteiger partial charge in [-0.3, -0.25) is 9.48 Å². The Morgan fingerprint density at radius 3 is 2.56 bits per heavy atom. The molecule has 2 aromatic heterocycles. The first-order chi connectivity index (χ1) is 17.6. The van der Waals surface area contributed by atoms with Crippen molar-refractivity contribution in [3.8, 4) is 17.3 Å². The van der Waals surface area contributed by atoms with Crippen LogP contribution in [0, 0.1) is 18.3 Å².